The Balaban J connectivity index is 1.72. The molecular weight excluding hydrogens is 204 g/mol. The highest BCUT2D eigenvalue weighted by Gasteiger charge is 2.19. The fourth-order valence-corrected chi connectivity index (χ4v) is 3.61. The molecule has 0 amide bonds. The minimum Gasteiger partial charge on any atom is -0.316 e. The molecule has 2 rings (SSSR count). The molecule has 0 bridgehead atoms. The van der Waals surface area contributed by atoms with E-state index in [1.54, 1.807) is 0 Å². The normalized spacial score (nSPS) is 35.0. The number of nitrogens with one attached hydrogen (secondary N) is 1. The number of nitrogens with zero attached hydrogens (tertiary/aromatic N) is 1. The van der Waals surface area contributed by atoms with Crippen LogP contribution in [0.2, 0.25) is 0 Å². The Labute approximate surface area is 98.2 Å². The number of hydrogen-bond donors (Lipinski definition) is 1. The van der Waals surface area contributed by atoms with Gasteiger partial charge < -0.3 is 10.2 Å². The second-order valence-corrected chi connectivity index (χ2v) is 6.53. The lowest BCUT2D eigenvalue weighted by Gasteiger charge is -2.29. The van der Waals surface area contributed by atoms with Crippen molar-refractivity contribution in [2.75, 3.05) is 38.5 Å². The highest BCUT2D eigenvalue weighted by Crippen LogP contribution is 2.20. The van der Waals surface area contributed by atoms with Gasteiger partial charge in [0.2, 0.25) is 0 Å². The van der Waals surface area contributed by atoms with Crippen molar-refractivity contribution in [2.24, 2.45) is 5.92 Å². The summed E-state index contributed by atoms with van der Waals surface area (Å²) in [5.41, 5.74) is 0. The Hall–Kier alpha value is 0.270. The SMILES string of the molecule is CC1CCN(CC2CCCNC2)CCS1. The first-order valence-electron chi connectivity index (χ1n) is 6.39. The Morgan fingerprint density at radius 2 is 2.27 bits per heavy atom. The van der Waals surface area contributed by atoms with Gasteiger partial charge in [-0.05, 0) is 44.8 Å². The van der Waals surface area contributed by atoms with E-state index >= 15 is 0 Å². The second-order valence-electron chi connectivity index (χ2n) is 4.98. The smallest absolute Gasteiger partial charge is 0.00726 e. The third-order valence-electron chi connectivity index (χ3n) is 3.58. The van der Waals surface area contributed by atoms with Crippen LogP contribution in [0.15, 0.2) is 0 Å². The topological polar surface area (TPSA) is 15.3 Å². The maximum absolute atomic E-state index is 3.52. The van der Waals surface area contributed by atoms with Gasteiger partial charge in [-0.25, -0.2) is 0 Å². The molecule has 3 heteroatoms. The van der Waals surface area contributed by atoms with E-state index in [9.17, 15) is 0 Å². The van der Waals surface area contributed by atoms with E-state index in [0.717, 1.165) is 11.2 Å². The fourth-order valence-electron chi connectivity index (χ4n) is 2.57. The number of rotatable bonds is 2. The number of piperidine rings is 1. The summed E-state index contributed by atoms with van der Waals surface area (Å²) < 4.78 is 0. The molecule has 0 aromatic rings. The molecule has 88 valence electrons. The van der Waals surface area contributed by atoms with E-state index in [2.05, 4.69) is 28.9 Å². The summed E-state index contributed by atoms with van der Waals surface area (Å²) in [5.74, 6) is 2.25. The minimum absolute atomic E-state index is 0.875. The molecule has 2 unspecified atom stereocenters. The predicted octanol–water partition coefficient (Wildman–Crippen LogP) is 1.81. The second kappa shape index (κ2) is 6.12. The highest BCUT2D eigenvalue weighted by atomic mass is 32.2. The molecule has 2 aliphatic heterocycles. The molecule has 2 nitrogen and oxygen atoms in total. The Bertz CT molecular complexity index is 180. The van der Waals surface area contributed by atoms with Crippen molar-refractivity contribution in [3.05, 3.63) is 0 Å². The van der Waals surface area contributed by atoms with Crippen molar-refractivity contribution in [3.8, 4) is 0 Å². The molecule has 0 aromatic carbocycles. The van der Waals surface area contributed by atoms with Gasteiger partial charge in [0, 0.05) is 24.1 Å². The average molecular weight is 228 g/mol. The van der Waals surface area contributed by atoms with Gasteiger partial charge in [0.05, 0.1) is 0 Å². The van der Waals surface area contributed by atoms with E-state index in [-0.39, 0.29) is 0 Å². The summed E-state index contributed by atoms with van der Waals surface area (Å²) in [7, 11) is 0. The van der Waals surface area contributed by atoms with Crippen molar-refractivity contribution in [1.82, 2.24) is 10.2 Å². The lowest BCUT2D eigenvalue weighted by molar-refractivity contribution is 0.218. The van der Waals surface area contributed by atoms with Gasteiger partial charge in [0.1, 0.15) is 0 Å². The summed E-state index contributed by atoms with van der Waals surface area (Å²) in [4.78, 5) is 2.69. The minimum atomic E-state index is 0.875. The molecule has 0 spiro atoms. The van der Waals surface area contributed by atoms with Crippen LogP contribution in [0.1, 0.15) is 26.2 Å². The standard InChI is InChI=1S/C12H24N2S/c1-11-4-6-14(7-8-15-11)10-12-3-2-5-13-9-12/h11-13H,2-10H2,1H3. The third kappa shape index (κ3) is 3.97. The van der Waals surface area contributed by atoms with Gasteiger partial charge in [-0.15, -0.1) is 0 Å². The van der Waals surface area contributed by atoms with E-state index < -0.39 is 0 Å². The van der Waals surface area contributed by atoms with Crippen molar-refractivity contribution >= 4 is 11.8 Å². The van der Waals surface area contributed by atoms with Crippen LogP contribution in [0, 0.1) is 5.92 Å². The lowest BCUT2D eigenvalue weighted by Crippen LogP contribution is -2.39. The van der Waals surface area contributed by atoms with Crippen LogP contribution in [0.3, 0.4) is 0 Å². The van der Waals surface area contributed by atoms with Crippen molar-refractivity contribution in [1.29, 1.82) is 0 Å². The van der Waals surface area contributed by atoms with Gasteiger partial charge in [0.15, 0.2) is 0 Å². The first-order chi connectivity index (χ1) is 7.34. The molecule has 0 aromatic heterocycles. The Morgan fingerprint density at radius 1 is 1.33 bits per heavy atom. The fraction of sp³-hybridized carbons (Fsp3) is 1.00. The van der Waals surface area contributed by atoms with E-state index in [1.807, 2.05) is 0 Å². The van der Waals surface area contributed by atoms with E-state index in [1.165, 1.54) is 57.7 Å². The molecule has 15 heavy (non-hydrogen) atoms. The van der Waals surface area contributed by atoms with E-state index in [0.29, 0.717) is 0 Å². The first-order valence-corrected chi connectivity index (χ1v) is 7.44. The molecule has 0 radical (unpaired) electrons. The lowest BCUT2D eigenvalue weighted by atomic mass is 9.99. The molecule has 2 atom stereocenters. The predicted molar refractivity (Wildman–Crippen MR) is 68.6 cm³/mol. The van der Waals surface area contributed by atoms with Crippen LogP contribution in [0.5, 0.6) is 0 Å². The molecule has 1 N–H and O–H groups in total. The largest absolute Gasteiger partial charge is 0.316 e. The zero-order valence-corrected chi connectivity index (χ0v) is 10.7. The van der Waals surface area contributed by atoms with E-state index in [4.69, 9.17) is 0 Å². The van der Waals surface area contributed by atoms with Crippen LogP contribution >= 0.6 is 11.8 Å². The van der Waals surface area contributed by atoms with Crippen LogP contribution in [-0.4, -0.2) is 48.6 Å². The summed E-state index contributed by atoms with van der Waals surface area (Å²) >= 11 is 2.15. The van der Waals surface area contributed by atoms with Crippen molar-refractivity contribution in [2.45, 2.75) is 31.4 Å². The maximum atomic E-state index is 3.52. The zero-order chi connectivity index (χ0) is 10.5. The van der Waals surface area contributed by atoms with Crippen LogP contribution < -0.4 is 5.32 Å². The molecule has 2 heterocycles. The van der Waals surface area contributed by atoms with Crippen molar-refractivity contribution in [3.63, 3.8) is 0 Å². The quantitative estimate of drug-likeness (QED) is 0.776. The average Bonchev–Trinajstić information content (AvgIpc) is 2.46. The first kappa shape index (κ1) is 11.7. The Morgan fingerprint density at radius 3 is 3.07 bits per heavy atom. The molecule has 2 fully saturated rings. The Kier molecular flexibility index (Phi) is 4.79. The monoisotopic (exact) mass is 228 g/mol. The van der Waals surface area contributed by atoms with Crippen LogP contribution in [0.25, 0.3) is 0 Å². The molecule has 2 aliphatic rings. The maximum Gasteiger partial charge on any atom is 0.00726 e. The van der Waals surface area contributed by atoms with Gasteiger partial charge in [0.25, 0.3) is 0 Å². The summed E-state index contributed by atoms with van der Waals surface area (Å²) in [6.45, 7) is 8.83. The van der Waals surface area contributed by atoms with Crippen LogP contribution in [0.4, 0.5) is 0 Å². The zero-order valence-electron chi connectivity index (χ0n) is 9.87. The summed E-state index contributed by atoms with van der Waals surface area (Å²) in [6.07, 6.45) is 4.20. The molecule has 0 aliphatic carbocycles. The van der Waals surface area contributed by atoms with Gasteiger partial charge >= 0.3 is 0 Å². The van der Waals surface area contributed by atoms with Gasteiger partial charge in [-0.2, -0.15) is 11.8 Å². The van der Waals surface area contributed by atoms with Crippen molar-refractivity contribution < 1.29 is 0 Å². The van der Waals surface area contributed by atoms with Gasteiger partial charge in [-0.1, -0.05) is 6.92 Å². The number of hydrogen-bond acceptors (Lipinski definition) is 3. The summed E-state index contributed by atoms with van der Waals surface area (Å²) in [6, 6.07) is 0. The highest BCUT2D eigenvalue weighted by molar-refractivity contribution is 7.99. The third-order valence-corrected chi connectivity index (χ3v) is 4.80. The number of thioether (sulfide) groups is 1. The molecule has 0 saturated carbocycles. The summed E-state index contributed by atoms with van der Waals surface area (Å²) in [5, 5.41) is 4.39. The van der Waals surface area contributed by atoms with Crippen LogP contribution in [-0.2, 0) is 0 Å². The molecule has 2 saturated heterocycles. The van der Waals surface area contributed by atoms with Gasteiger partial charge in [-0.3, -0.25) is 0 Å². The molecular formula is C12H24N2S.